The smallest absolute Gasteiger partial charge is 0.270 e. The van der Waals surface area contributed by atoms with Crippen LogP contribution in [0, 0.1) is 0 Å². The van der Waals surface area contributed by atoms with Crippen molar-refractivity contribution in [1.29, 1.82) is 0 Å². The molecule has 30 heavy (non-hydrogen) atoms. The van der Waals surface area contributed by atoms with Crippen molar-refractivity contribution in [2.45, 2.75) is 18.9 Å². The first-order valence-corrected chi connectivity index (χ1v) is 10.9. The molecule has 0 radical (unpaired) electrons. The highest BCUT2D eigenvalue weighted by Crippen LogP contribution is 2.23. The lowest BCUT2D eigenvalue weighted by Crippen LogP contribution is -2.46. The molecule has 3 aromatic rings. The number of hydrogen-bond acceptors (Lipinski definition) is 5. The number of nitrogens with one attached hydrogen (secondary N) is 2. The fourth-order valence-electron chi connectivity index (χ4n) is 3.51. The predicted molar refractivity (Wildman–Crippen MR) is 120 cm³/mol. The SMILES string of the molecule is O=C(CN1CCC(NC(=O)c2csc(-c3ccccc3)n2)CC1)Nc1ccccc1. The number of anilines is 1. The van der Waals surface area contributed by atoms with Crippen molar-refractivity contribution >= 4 is 28.8 Å². The molecule has 7 heteroatoms. The van der Waals surface area contributed by atoms with Crippen LogP contribution in [0.4, 0.5) is 5.69 Å². The first kappa shape index (κ1) is 20.3. The molecule has 1 aliphatic heterocycles. The largest absolute Gasteiger partial charge is 0.348 e. The highest BCUT2D eigenvalue weighted by Gasteiger charge is 2.23. The van der Waals surface area contributed by atoms with Gasteiger partial charge < -0.3 is 10.6 Å². The summed E-state index contributed by atoms with van der Waals surface area (Å²) in [6.45, 7) is 1.92. The van der Waals surface area contributed by atoms with Crippen molar-refractivity contribution in [3.8, 4) is 10.6 Å². The number of amides is 2. The van der Waals surface area contributed by atoms with E-state index in [0.717, 1.165) is 42.2 Å². The van der Waals surface area contributed by atoms with Gasteiger partial charge in [-0.15, -0.1) is 11.3 Å². The molecule has 0 bridgehead atoms. The van der Waals surface area contributed by atoms with Gasteiger partial charge in [-0.2, -0.15) is 0 Å². The summed E-state index contributed by atoms with van der Waals surface area (Å²) in [6, 6.07) is 19.4. The van der Waals surface area contributed by atoms with E-state index in [4.69, 9.17) is 0 Å². The van der Waals surface area contributed by atoms with E-state index >= 15 is 0 Å². The third-order valence-electron chi connectivity index (χ3n) is 5.11. The van der Waals surface area contributed by atoms with Crippen molar-refractivity contribution in [3.63, 3.8) is 0 Å². The number of carbonyl (C=O) groups is 2. The minimum absolute atomic E-state index is 0.0143. The van der Waals surface area contributed by atoms with E-state index in [-0.39, 0.29) is 17.9 Å². The number of hydrogen-bond donors (Lipinski definition) is 2. The molecular weight excluding hydrogens is 396 g/mol. The zero-order chi connectivity index (χ0) is 20.8. The molecule has 0 saturated carbocycles. The highest BCUT2D eigenvalue weighted by atomic mass is 32.1. The van der Waals surface area contributed by atoms with Crippen LogP contribution < -0.4 is 10.6 Å². The third kappa shape index (κ3) is 5.31. The lowest BCUT2D eigenvalue weighted by Gasteiger charge is -2.31. The number of rotatable bonds is 6. The van der Waals surface area contributed by atoms with E-state index in [1.807, 2.05) is 60.7 Å². The quantitative estimate of drug-likeness (QED) is 0.638. The summed E-state index contributed by atoms with van der Waals surface area (Å²) in [6.07, 6.45) is 1.64. The molecular formula is C23H24N4O2S. The summed E-state index contributed by atoms with van der Waals surface area (Å²) in [7, 11) is 0. The van der Waals surface area contributed by atoms with Crippen molar-refractivity contribution in [2.24, 2.45) is 0 Å². The molecule has 0 spiro atoms. The van der Waals surface area contributed by atoms with E-state index in [1.165, 1.54) is 11.3 Å². The average Bonchev–Trinajstić information content (AvgIpc) is 3.27. The van der Waals surface area contributed by atoms with Gasteiger partial charge >= 0.3 is 0 Å². The van der Waals surface area contributed by atoms with Gasteiger partial charge in [0.25, 0.3) is 5.91 Å². The molecule has 154 valence electrons. The maximum Gasteiger partial charge on any atom is 0.270 e. The molecule has 1 saturated heterocycles. The molecule has 0 aliphatic carbocycles. The van der Waals surface area contributed by atoms with Gasteiger partial charge in [0, 0.05) is 35.8 Å². The molecule has 2 N–H and O–H groups in total. The Morgan fingerprint density at radius 3 is 2.37 bits per heavy atom. The fraction of sp³-hybridized carbons (Fsp3) is 0.261. The summed E-state index contributed by atoms with van der Waals surface area (Å²) < 4.78 is 0. The van der Waals surface area contributed by atoms with Gasteiger partial charge in [-0.1, -0.05) is 48.5 Å². The van der Waals surface area contributed by atoms with Crippen LogP contribution in [0.2, 0.25) is 0 Å². The maximum absolute atomic E-state index is 12.6. The Morgan fingerprint density at radius 2 is 1.67 bits per heavy atom. The first-order valence-electron chi connectivity index (χ1n) is 10.1. The summed E-state index contributed by atoms with van der Waals surface area (Å²) in [5.41, 5.74) is 2.29. The summed E-state index contributed by atoms with van der Waals surface area (Å²) in [4.78, 5) is 31.4. The fourth-order valence-corrected chi connectivity index (χ4v) is 4.32. The zero-order valence-electron chi connectivity index (χ0n) is 16.6. The molecule has 2 heterocycles. The Hall–Kier alpha value is -3.03. The molecule has 1 aromatic heterocycles. The van der Waals surface area contributed by atoms with Gasteiger partial charge in [-0.3, -0.25) is 14.5 Å². The maximum atomic E-state index is 12.6. The Kier molecular flexibility index (Phi) is 6.51. The summed E-state index contributed by atoms with van der Waals surface area (Å²) >= 11 is 1.48. The number of piperidine rings is 1. The minimum atomic E-state index is -0.131. The Balaban J connectivity index is 1.23. The van der Waals surface area contributed by atoms with Gasteiger partial charge in [0.1, 0.15) is 10.7 Å². The second-order valence-corrected chi connectivity index (χ2v) is 8.20. The Morgan fingerprint density at radius 1 is 1.00 bits per heavy atom. The second-order valence-electron chi connectivity index (χ2n) is 7.34. The van der Waals surface area contributed by atoms with Gasteiger partial charge in [-0.25, -0.2) is 4.98 Å². The number of benzene rings is 2. The van der Waals surface area contributed by atoms with Crippen LogP contribution in [0.25, 0.3) is 10.6 Å². The number of likely N-dealkylation sites (tertiary alicyclic amines) is 1. The molecule has 4 rings (SSSR count). The van der Waals surface area contributed by atoms with Gasteiger partial charge in [0.05, 0.1) is 6.54 Å². The van der Waals surface area contributed by atoms with Crippen LogP contribution >= 0.6 is 11.3 Å². The number of nitrogens with zero attached hydrogens (tertiary/aromatic N) is 2. The molecule has 0 atom stereocenters. The van der Waals surface area contributed by atoms with E-state index in [2.05, 4.69) is 20.5 Å². The summed E-state index contributed by atoms with van der Waals surface area (Å²) in [5, 5.41) is 8.66. The molecule has 0 unspecified atom stereocenters. The first-order chi connectivity index (χ1) is 14.7. The van der Waals surface area contributed by atoms with E-state index < -0.39 is 0 Å². The van der Waals surface area contributed by atoms with E-state index in [9.17, 15) is 9.59 Å². The molecule has 2 aromatic carbocycles. The Labute approximate surface area is 180 Å². The average molecular weight is 421 g/mol. The van der Waals surface area contributed by atoms with Crippen LogP contribution in [0.5, 0.6) is 0 Å². The number of aromatic nitrogens is 1. The molecule has 2 amide bonds. The van der Waals surface area contributed by atoms with E-state index in [0.29, 0.717) is 12.2 Å². The summed E-state index contributed by atoms with van der Waals surface area (Å²) in [5.74, 6) is -0.145. The topological polar surface area (TPSA) is 74.3 Å². The minimum Gasteiger partial charge on any atom is -0.348 e. The van der Waals surface area contributed by atoms with Crippen LogP contribution in [0.1, 0.15) is 23.3 Å². The van der Waals surface area contributed by atoms with Crippen LogP contribution in [-0.2, 0) is 4.79 Å². The monoisotopic (exact) mass is 420 g/mol. The van der Waals surface area contributed by atoms with Gasteiger partial charge in [-0.05, 0) is 25.0 Å². The van der Waals surface area contributed by atoms with E-state index in [1.54, 1.807) is 5.38 Å². The standard InChI is InChI=1S/C23H24N4O2S/c28-21(24-18-9-5-2-6-10-18)15-27-13-11-19(12-14-27)25-22(29)20-16-30-23(26-20)17-7-3-1-4-8-17/h1-10,16,19H,11-15H2,(H,24,28)(H,25,29). The number of thiazole rings is 1. The lowest BCUT2D eigenvalue weighted by molar-refractivity contribution is -0.117. The van der Waals surface area contributed by atoms with Crippen LogP contribution in [-0.4, -0.2) is 47.4 Å². The van der Waals surface area contributed by atoms with Crippen molar-refractivity contribution in [1.82, 2.24) is 15.2 Å². The molecule has 1 fully saturated rings. The van der Waals surface area contributed by atoms with Crippen molar-refractivity contribution in [2.75, 3.05) is 25.0 Å². The number of para-hydroxylation sites is 1. The van der Waals surface area contributed by atoms with Crippen LogP contribution in [0.3, 0.4) is 0 Å². The van der Waals surface area contributed by atoms with Crippen LogP contribution in [0.15, 0.2) is 66.0 Å². The van der Waals surface area contributed by atoms with Gasteiger partial charge in [0.15, 0.2) is 0 Å². The zero-order valence-corrected chi connectivity index (χ0v) is 17.4. The Bertz CT molecular complexity index is 983. The predicted octanol–water partition coefficient (Wildman–Crippen LogP) is 3.64. The van der Waals surface area contributed by atoms with Gasteiger partial charge in [0.2, 0.25) is 5.91 Å². The normalized spacial score (nSPS) is 14.9. The lowest BCUT2D eigenvalue weighted by atomic mass is 10.0. The number of carbonyl (C=O) groups excluding carboxylic acids is 2. The third-order valence-corrected chi connectivity index (χ3v) is 6.00. The van der Waals surface area contributed by atoms with Crippen molar-refractivity contribution in [3.05, 3.63) is 71.7 Å². The second kappa shape index (κ2) is 9.65. The molecule has 1 aliphatic rings. The van der Waals surface area contributed by atoms with Crippen molar-refractivity contribution < 1.29 is 9.59 Å². The highest BCUT2D eigenvalue weighted by molar-refractivity contribution is 7.13. The molecule has 6 nitrogen and oxygen atoms in total.